The van der Waals surface area contributed by atoms with E-state index in [1.165, 1.54) is 0 Å². The van der Waals surface area contributed by atoms with Crippen molar-refractivity contribution in [3.63, 3.8) is 0 Å². The van der Waals surface area contributed by atoms with E-state index in [0.717, 1.165) is 11.4 Å². The number of hydrogen-bond acceptors (Lipinski definition) is 3. The number of ether oxygens (including phenoxy) is 1. The van der Waals surface area contributed by atoms with Crippen LogP contribution >= 0.6 is 0 Å². The van der Waals surface area contributed by atoms with E-state index >= 15 is 0 Å². The van der Waals surface area contributed by atoms with Gasteiger partial charge in [-0.3, -0.25) is 4.79 Å². The molecule has 17 heavy (non-hydrogen) atoms. The molecule has 0 saturated heterocycles. The first-order chi connectivity index (χ1) is 8.04. The molecule has 1 aromatic rings. The Bertz CT molecular complexity index is 360. The average Bonchev–Trinajstić information content (AvgIpc) is 2.35. The highest BCUT2D eigenvalue weighted by Gasteiger charge is 2.10. The normalized spacial score (nSPS) is 10.2. The number of likely N-dealkylation sites (N-methyl/N-ethyl adjacent to an activating group) is 1. The van der Waals surface area contributed by atoms with Crippen LogP contribution in [0, 0.1) is 0 Å². The highest BCUT2D eigenvalue weighted by atomic mass is 16.5. The van der Waals surface area contributed by atoms with E-state index in [1.54, 1.807) is 12.0 Å². The minimum absolute atomic E-state index is 0.0795. The average molecular weight is 236 g/mol. The molecule has 0 aromatic heterocycles. The predicted molar refractivity (Wildman–Crippen MR) is 69.4 cm³/mol. The van der Waals surface area contributed by atoms with Crippen LogP contribution in [0.1, 0.15) is 13.8 Å². The quantitative estimate of drug-likeness (QED) is 0.850. The molecule has 0 radical (unpaired) electrons. The predicted octanol–water partition coefficient (Wildman–Crippen LogP) is 1.97. The highest BCUT2D eigenvalue weighted by molar-refractivity contribution is 5.80. The number of carbonyl (C=O) groups is 1. The van der Waals surface area contributed by atoms with Crippen molar-refractivity contribution >= 4 is 11.6 Å². The van der Waals surface area contributed by atoms with Crippen LogP contribution in [0.3, 0.4) is 0 Å². The summed E-state index contributed by atoms with van der Waals surface area (Å²) in [6, 6.07) is 7.72. The van der Waals surface area contributed by atoms with Gasteiger partial charge in [-0.1, -0.05) is 0 Å². The molecule has 0 unspecified atom stereocenters. The van der Waals surface area contributed by atoms with Crippen LogP contribution in [0.4, 0.5) is 5.69 Å². The van der Waals surface area contributed by atoms with Crippen molar-refractivity contribution in [3.8, 4) is 5.75 Å². The fraction of sp³-hybridized carbons (Fsp3) is 0.462. The van der Waals surface area contributed by atoms with Gasteiger partial charge in [-0.25, -0.2) is 0 Å². The molecule has 4 nitrogen and oxygen atoms in total. The van der Waals surface area contributed by atoms with E-state index in [0.29, 0.717) is 6.54 Å². The van der Waals surface area contributed by atoms with E-state index in [2.05, 4.69) is 5.32 Å². The number of hydrogen-bond donors (Lipinski definition) is 1. The van der Waals surface area contributed by atoms with Crippen molar-refractivity contribution in [2.24, 2.45) is 0 Å². The fourth-order valence-electron chi connectivity index (χ4n) is 1.30. The van der Waals surface area contributed by atoms with Crippen LogP contribution < -0.4 is 10.1 Å². The second-order valence-corrected chi connectivity index (χ2v) is 4.18. The third kappa shape index (κ3) is 3.98. The maximum Gasteiger partial charge on any atom is 0.241 e. The summed E-state index contributed by atoms with van der Waals surface area (Å²) in [5, 5.41) is 3.08. The monoisotopic (exact) mass is 236 g/mol. The summed E-state index contributed by atoms with van der Waals surface area (Å²) < 4.78 is 5.06. The second kappa shape index (κ2) is 6.13. The first-order valence-electron chi connectivity index (χ1n) is 5.68. The Labute approximate surface area is 103 Å². The van der Waals surface area contributed by atoms with E-state index < -0.39 is 0 Å². The van der Waals surface area contributed by atoms with Crippen molar-refractivity contribution in [1.82, 2.24) is 4.90 Å². The van der Waals surface area contributed by atoms with Crippen molar-refractivity contribution < 1.29 is 9.53 Å². The summed E-state index contributed by atoms with van der Waals surface area (Å²) in [4.78, 5) is 13.4. The fourth-order valence-corrected chi connectivity index (χ4v) is 1.30. The summed E-state index contributed by atoms with van der Waals surface area (Å²) >= 11 is 0. The molecule has 0 aliphatic rings. The molecule has 0 bridgehead atoms. The van der Waals surface area contributed by atoms with Crippen molar-refractivity contribution in [1.29, 1.82) is 0 Å². The van der Waals surface area contributed by atoms with Crippen molar-refractivity contribution in [3.05, 3.63) is 24.3 Å². The minimum Gasteiger partial charge on any atom is -0.497 e. The van der Waals surface area contributed by atoms with Crippen LogP contribution in [-0.4, -0.2) is 37.6 Å². The van der Waals surface area contributed by atoms with Crippen LogP contribution in [0.5, 0.6) is 5.75 Å². The van der Waals surface area contributed by atoms with Gasteiger partial charge in [-0.2, -0.15) is 0 Å². The lowest BCUT2D eigenvalue weighted by molar-refractivity contribution is -0.129. The lowest BCUT2D eigenvalue weighted by Crippen LogP contribution is -2.37. The third-order valence-electron chi connectivity index (χ3n) is 2.70. The van der Waals surface area contributed by atoms with Gasteiger partial charge in [0.05, 0.1) is 13.7 Å². The summed E-state index contributed by atoms with van der Waals surface area (Å²) in [6.07, 6.45) is 0. The molecule has 1 rings (SSSR count). The van der Waals surface area contributed by atoms with Gasteiger partial charge >= 0.3 is 0 Å². The Morgan fingerprint density at radius 2 is 1.94 bits per heavy atom. The molecule has 4 heteroatoms. The lowest BCUT2D eigenvalue weighted by atomic mass is 10.3. The van der Waals surface area contributed by atoms with Gasteiger partial charge in [-0.15, -0.1) is 0 Å². The summed E-state index contributed by atoms with van der Waals surface area (Å²) in [6.45, 7) is 4.29. The van der Waals surface area contributed by atoms with Gasteiger partial charge in [0.1, 0.15) is 5.75 Å². The Morgan fingerprint density at radius 3 is 2.41 bits per heavy atom. The number of nitrogens with one attached hydrogen (secondary N) is 1. The minimum atomic E-state index is 0.0795. The highest BCUT2D eigenvalue weighted by Crippen LogP contribution is 2.14. The molecule has 1 N–H and O–H groups in total. The molecule has 0 spiro atoms. The topological polar surface area (TPSA) is 41.6 Å². The van der Waals surface area contributed by atoms with Crippen molar-refractivity contribution in [2.45, 2.75) is 19.9 Å². The maximum atomic E-state index is 11.7. The zero-order valence-corrected chi connectivity index (χ0v) is 10.9. The van der Waals surface area contributed by atoms with Crippen LogP contribution in [-0.2, 0) is 4.79 Å². The molecular formula is C13H20N2O2. The van der Waals surface area contributed by atoms with Gasteiger partial charge in [-0.05, 0) is 38.1 Å². The van der Waals surface area contributed by atoms with Crippen LogP contribution in [0.2, 0.25) is 0 Å². The second-order valence-electron chi connectivity index (χ2n) is 4.18. The number of nitrogens with zero attached hydrogens (tertiary/aromatic N) is 1. The molecule has 1 amide bonds. The van der Waals surface area contributed by atoms with Crippen LogP contribution in [0.15, 0.2) is 24.3 Å². The Hall–Kier alpha value is -1.71. The molecule has 0 heterocycles. The Balaban J connectivity index is 2.47. The third-order valence-corrected chi connectivity index (χ3v) is 2.70. The largest absolute Gasteiger partial charge is 0.497 e. The summed E-state index contributed by atoms with van der Waals surface area (Å²) in [5.74, 6) is 0.886. The number of methoxy groups -OCH3 is 1. The maximum absolute atomic E-state index is 11.7. The van der Waals surface area contributed by atoms with E-state index in [9.17, 15) is 4.79 Å². The van der Waals surface area contributed by atoms with Gasteiger partial charge in [0.15, 0.2) is 0 Å². The van der Waals surface area contributed by atoms with Crippen LogP contribution in [0.25, 0.3) is 0 Å². The first kappa shape index (κ1) is 13.4. The van der Waals surface area contributed by atoms with E-state index in [1.807, 2.05) is 45.2 Å². The zero-order valence-electron chi connectivity index (χ0n) is 10.9. The van der Waals surface area contributed by atoms with Crippen molar-refractivity contribution in [2.75, 3.05) is 26.0 Å². The molecule has 0 atom stereocenters. The number of benzene rings is 1. The smallest absolute Gasteiger partial charge is 0.241 e. The molecule has 0 saturated carbocycles. The van der Waals surface area contributed by atoms with Gasteiger partial charge in [0.25, 0.3) is 0 Å². The Kier molecular flexibility index (Phi) is 4.82. The Morgan fingerprint density at radius 1 is 1.35 bits per heavy atom. The standard InChI is InChI=1S/C13H20N2O2/c1-10(2)15(3)13(16)9-14-11-5-7-12(17-4)8-6-11/h5-8,10,14H,9H2,1-4H3. The molecule has 1 aromatic carbocycles. The van der Waals surface area contributed by atoms with Gasteiger partial charge in [0, 0.05) is 18.8 Å². The number of rotatable bonds is 5. The summed E-state index contributed by atoms with van der Waals surface area (Å²) in [7, 11) is 3.44. The SMILES string of the molecule is COc1ccc(NCC(=O)N(C)C(C)C)cc1. The lowest BCUT2D eigenvalue weighted by Gasteiger charge is -2.21. The zero-order chi connectivity index (χ0) is 12.8. The van der Waals surface area contributed by atoms with Gasteiger partial charge < -0.3 is 15.0 Å². The number of amides is 1. The number of carbonyl (C=O) groups excluding carboxylic acids is 1. The number of anilines is 1. The van der Waals surface area contributed by atoms with Gasteiger partial charge in [0.2, 0.25) is 5.91 Å². The summed E-state index contributed by atoms with van der Waals surface area (Å²) in [5.41, 5.74) is 0.913. The first-order valence-corrected chi connectivity index (χ1v) is 5.68. The molecular weight excluding hydrogens is 216 g/mol. The molecule has 0 aliphatic heterocycles. The molecule has 0 aliphatic carbocycles. The molecule has 94 valence electrons. The van der Waals surface area contributed by atoms with E-state index in [-0.39, 0.29) is 11.9 Å². The van der Waals surface area contributed by atoms with E-state index in [4.69, 9.17) is 4.74 Å². The molecule has 0 fully saturated rings.